The number of allylic oxidation sites excluding steroid dienone is 1. The van der Waals surface area contributed by atoms with Crippen LogP contribution >= 0.6 is 34.7 Å². The van der Waals surface area contributed by atoms with E-state index in [0.29, 0.717) is 74.2 Å². The number of sulfonamides is 1. The summed E-state index contributed by atoms with van der Waals surface area (Å²) in [5, 5.41) is 20.6. The molecule has 0 radical (unpaired) electrons. The van der Waals surface area contributed by atoms with Crippen LogP contribution < -0.4 is 25.6 Å². The Labute approximate surface area is 712 Å². The number of anilines is 2. The second-order valence-electron chi connectivity index (χ2n) is 35.1. The summed E-state index contributed by atoms with van der Waals surface area (Å²) in [6.07, 6.45) is 11.6. The topological polar surface area (TPSA) is 264 Å². The lowest BCUT2D eigenvalue weighted by atomic mass is 9.70. The number of unbranched alkanes of at least 4 members (excludes halogenated alkanes) is 3. The number of aromatic nitrogens is 1. The van der Waals surface area contributed by atoms with Gasteiger partial charge in [0.1, 0.15) is 17.0 Å². The van der Waals surface area contributed by atoms with Crippen molar-refractivity contribution in [2.24, 2.45) is 22.7 Å². The Bertz CT molecular complexity index is 4790. The Morgan fingerprint density at radius 1 is 0.773 bits per heavy atom. The van der Waals surface area contributed by atoms with Crippen molar-refractivity contribution in [2.45, 2.75) is 207 Å². The average molecular weight is 1740 g/mol. The Morgan fingerprint density at radius 3 is 2.08 bits per heavy atom. The second kappa shape index (κ2) is 39.0. The molecule has 5 N–H and O–H groups in total. The molecule has 2 bridgehead atoms. The Hall–Kier alpha value is -7.45. The number of nitrogens with zero attached hydrogens (tertiary/aromatic N) is 7. The highest BCUT2D eigenvalue weighted by Gasteiger charge is 2.50. The fraction of sp³-hybridized carbons (Fsp3) is 0.551. The summed E-state index contributed by atoms with van der Waals surface area (Å²) in [7, 11) is -11.0. The van der Waals surface area contributed by atoms with Gasteiger partial charge in [-0.15, -0.1) is 23.1 Å². The standard InChI is InChI=1S/C89H115ClF3N11O11S4/c1-59(61-18-20-65(21-19-61)82-60(2)94-58-117-82)95-85(109)78-49-72(105)53-104(78)86(110)83(87(3,4)5)97-80(106)16-12-7-8-13-17-81(107)102-41-35-63(36-42-102)62-33-39-100(40-34-62)57-88(6)38-32-76(64-22-26-68(90)27-23-64)67(51-88)52-99-44-46-101(47-45-99)70-28-24-66(25-29-70)84(108)98-119(113,114)75-30-31-77(79(50-75)118(111,112)89(91,92)93)96-69(56-116-74-14-10-9-11-15-74)37-43-103-54-73-48-71(103)55-115-73/h9-11,14-15,18-31,50,58-59,62-63,69,71-73,78,83,96,105H,7-8,12-13,16-17,32-49,51-57H2,1-6H3,(H,95,109)(H,97,106)(H,98,108)/t59-,69+,71+,72+,73+,78-,83+,88?/m0/s1. The van der Waals surface area contributed by atoms with Crippen LogP contribution in [-0.4, -0.2) is 220 Å². The molecule has 0 spiro atoms. The number of aliphatic hydroxyl groups is 1. The van der Waals surface area contributed by atoms with Gasteiger partial charge in [-0.3, -0.25) is 33.8 Å². The van der Waals surface area contributed by atoms with Gasteiger partial charge in [0.25, 0.3) is 25.8 Å². The molecule has 1 unspecified atom stereocenters. The monoisotopic (exact) mass is 1730 g/mol. The lowest BCUT2D eigenvalue weighted by Gasteiger charge is -2.45. The van der Waals surface area contributed by atoms with Crippen molar-refractivity contribution in [2.75, 3.05) is 108 Å². The predicted octanol–water partition coefficient (Wildman–Crippen LogP) is 14.0. The van der Waals surface area contributed by atoms with Gasteiger partial charge in [-0.1, -0.05) is 112 Å². The molecule has 22 nitrogen and oxygen atoms in total. The number of carbonyl (C=O) groups excluding carboxylic acids is 5. The van der Waals surface area contributed by atoms with Crippen molar-refractivity contribution in [3.63, 3.8) is 0 Å². The maximum Gasteiger partial charge on any atom is 0.501 e. The van der Waals surface area contributed by atoms with Crippen molar-refractivity contribution in [3.8, 4) is 10.4 Å². The quantitative estimate of drug-likeness (QED) is 0.0194. The Kier molecular flexibility index (Phi) is 29.2. The number of rotatable bonds is 32. The van der Waals surface area contributed by atoms with Gasteiger partial charge in [0.05, 0.1) is 51.5 Å². The summed E-state index contributed by atoms with van der Waals surface area (Å²) < 4.78 is 106. The molecule has 0 saturated carbocycles. The molecule has 119 heavy (non-hydrogen) atoms. The normalized spacial score (nSPS) is 22.3. The molecule has 8 atom stereocenters. The lowest BCUT2D eigenvalue weighted by Crippen LogP contribution is -2.57. The zero-order valence-corrected chi connectivity index (χ0v) is 73.1. The molecule has 5 amide bonds. The van der Waals surface area contributed by atoms with Crippen LogP contribution in [0.15, 0.2) is 147 Å². The minimum Gasteiger partial charge on any atom is -0.391 e. The summed E-state index contributed by atoms with van der Waals surface area (Å²) in [5.41, 5.74) is 2.72. The molecule has 7 aliphatic rings. The molecular formula is C89H115ClF3N11O11S4. The number of fused-ring (bicyclic) bond motifs is 2. The summed E-state index contributed by atoms with van der Waals surface area (Å²) >= 11 is 9.46. The SMILES string of the molecule is Cc1ncsc1-c1ccc([C@H](C)NC(=O)[C@@H]2C[C@@H](O)CN2C(=O)[C@@H](NC(=O)CCCCCCC(=O)N2CCC(C3CCN(CC4(C)CCC(c5ccc(Cl)cc5)=C(CN5CCN(c6ccc(C(=O)NS(=O)(=O)c7ccc(N[C@H](CCN8C[C@H]9C[C@@H]8CO9)CSc8ccccc8)c(S(=O)(=O)C(F)(F)F)c7)cc6)CC5)C4)CC3)CC2)C(C)(C)C)cc1. The van der Waals surface area contributed by atoms with Gasteiger partial charge in [-0.05, 0) is 209 Å². The van der Waals surface area contributed by atoms with Crippen LogP contribution in [0.25, 0.3) is 16.0 Å². The van der Waals surface area contributed by atoms with Crippen LogP contribution in [0.1, 0.15) is 171 Å². The number of morpholine rings is 1. The number of aliphatic hydroxyl groups excluding tert-OH is 1. The third kappa shape index (κ3) is 22.7. The van der Waals surface area contributed by atoms with Crippen LogP contribution in [0.3, 0.4) is 0 Å². The number of carbonyl (C=O) groups is 5. The molecule has 6 aliphatic heterocycles. The van der Waals surface area contributed by atoms with E-state index in [1.165, 1.54) is 45.5 Å². The summed E-state index contributed by atoms with van der Waals surface area (Å²) in [4.78, 5) is 86.3. The minimum absolute atomic E-state index is 0.00814. The number of thioether (sulfide) groups is 1. The second-order valence-corrected chi connectivity index (χ2v) is 41.1. The number of aryl methyl sites for hydroxylation is 1. The molecule has 7 heterocycles. The molecule has 1 aliphatic carbocycles. The van der Waals surface area contributed by atoms with Crippen molar-refractivity contribution in [3.05, 3.63) is 160 Å². The first kappa shape index (κ1) is 89.3. The zero-order valence-electron chi connectivity index (χ0n) is 69.0. The van der Waals surface area contributed by atoms with E-state index < -0.39 is 82.3 Å². The highest BCUT2D eigenvalue weighted by Crippen LogP contribution is 2.46. The van der Waals surface area contributed by atoms with E-state index in [2.05, 4.69) is 59.6 Å². The molecule has 6 saturated heterocycles. The van der Waals surface area contributed by atoms with Crippen LogP contribution in [0.4, 0.5) is 24.5 Å². The summed E-state index contributed by atoms with van der Waals surface area (Å²) in [6, 6.07) is 32.0. The van der Waals surface area contributed by atoms with E-state index in [9.17, 15) is 59.1 Å². The van der Waals surface area contributed by atoms with Crippen LogP contribution in [0.5, 0.6) is 0 Å². The predicted molar refractivity (Wildman–Crippen MR) is 461 cm³/mol. The molecule has 6 fully saturated rings. The molecule has 6 aromatic rings. The van der Waals surface area contributed by atoms with Crippen molar-refractivity contribution < 1.29 is 63.8 Å². The number of hydrogen-bond donors (Lipinski definition) is 5. The van der Waals surface area contributed by atoms with Gasteiger partial charge in [0, 0.05) is 130 Å². The molecule has 13 rings (SSSR count). The maximum absolute atomic E-state index is 14.5. The number of sulfone groups is 1. The van der Waals surface area contributed by atoms with Crippen LogP contribution in [0, 0.1) is 29.6 Å². The number of halogens is 4. The number of alkyl halides is 3. The third-order valence-corrected chi connectivity index (χ3v) is 30.6. The zero-order chi connectivity index (χ0) is 84.6. The van der Waals surface area contributed by atoms with E-state index in [-0.39, 0.29) is 66.3 Å². The fourth-order valence-corrected chi connectivity index (χ4v) is 22.5. The van der Waals surface area contributed by atoms with E-state index >= 15 is 0 Å². The molecule has 1 aromatic heterocycles. The number of piperidine rings is 2. The first-order valence-corrected chi connectivity index (χ1v) is 47.4. The van der Waals surface area contributed by atoms with E-state index in [4.69, 9.17) is 16.3 Å². The van der Waals surface area contributed by atoms with Crippen molar-refractivity contribution in [1.82, 2.24) is 44.8 Å². The van der Waals surface area contributed by atoms with E-state index in [1.807, 2.05) is 116 Å². The van der Waals surface area contributed by atoms with Crippen molar-refractivity contribution in [1.29, 1.82) is 0 Å². The summed E-state index contributed by atoms with van der Waals surface area (Å²) in [6.45, 7) is 22.2. The smallest absolute Gasteiger partial charge is 0.391 e. The maximum atomic E-state index is 14.5. The number of likely N-dealkylation sites (tertiary alicyclic amines) is 4. The molecular weight excluding hydrogens is 1620 g/mol. The first-order valence-electron chi connectivity index (χ1n) is 42.2. The number of thiazole rings is 1. The van der Waals surface area contributed by atoms with Gasteiger partial charge in [-0.2, -0.15) is 13.2 Å². The van der Waals surface area contributed by atoms with Crippen LogP contribution in [0.2, 0.25) is 5.02 Å². The number of β-amino-alcohol motifs (C(OH)–C–C–N with tert-alkyl or cyclic N) is 1. The van der Waals surface area contributed by atoms with Crippen molar-refractivity contribution >= 4 is 101 Å². The third-order valence-electron chi connectivity index (χ3n) is 25.3. The van der Waals surface area contributed by atoms with Gasteiger partial charge >= 0.3 is 5.51 Å². The molecule has 5 aromatic carbocycles. The number of benzene rings is 5. The molecule has 30 heteroatoms. The fourth-order valence-electron chi connectivity index (χ4n) is 18.5. The van der Waals surface area contributed by atoms with Crippen LogP contribution in [-0.2, 0) is 43.8 Å². The number of nitrogens with one attached hydrogen (secondary N) is 4. The van der Waals surface area contributed by atoms with E-state index in [0.717, 1.165) is 174 Å². The average Bonchev–Trinajstić information content (AvgIpc) is 1.58. The highest BCUT2D eigenvalue weighted by molar-refractivity contribution is 7.99. The number of amides is 5. The Balaban J connectivity index is 0.532. The number of ether oxygens (including phenoxy) is 1. The largest absolute Gasteiger partial charge is 0.501 e. The van der Waals surface area contributed by atoms with E-state index in [1.54, 1.807) is 23.5 Å². The number of piperazine rings is 1. The van der Waals surface area contributed by atoms with Gasteiger partial charge in [-0.25, -0.2) is 26.5 Å². The number of hydrogen-bond acceptors (Lipinski definition) is 19. The van der Waals surface area contributed by atoms with Gasteiger partial charge < -0.3 is 45.4 Å². The van der Waals surface area contributed by atoms with Gasteiger partial charge in [0.2, 0.25) is 23.6 Å². The molecule has 644 valence electrons. The van der Waals surface area contributed by atoms with Gasteiger partial charge in [0.15, 0.2) is 0 Å². The first-order chi connectivity index (χ1) is 56.7. The minimum atomic E-state index is -6.11. The Morgan fingerprint density at radius 2 is 1.45 bits per heavy atom. The lowest BCUT2D eigenvalue weighted by molar-refractivity contribution is -0.144. The highest BCUT2D eigenvalue weighted by atomic mass is 35.5. The summed E-state index contributed by atoms with van der Waals surface area (Å²) in [5.74, 6) is -0.293.